The lowest BCUT2D eigenvalue weighted by Crippen LogP contribution is -2.31. The van der Waals surface area contributed by atoms with Gasteiger partial charge in [0, 0.05) is 6.07 Å². The normalized spacial score (nSPS) is 12.6. The smallest absolute Gasteiger partial charge is 0.165 e. The van der Waals surface area contributed by atoms with Crippen molar-refractivity contribution in [2.75, 3.05) is 13.2 Å². The third-order valence-electron chi connectivity index (χ3n) is 1.58. The lowest BCUT2D eigenvalue weighted by atomic mass is 10.3. The van der Waals surface area contributed by atoms with Crippen LogP contribution in [-0.4, -0.2) is 24.4 Å². The van der Waals surface area contributed by atoms with Crippen molar-refractivity contribution in [2.24, 2.45) is 5.73 Å². The van der Waals surface area contributed by atoms with Crippen molar-refractivity contribution in [2.45, 2.75) is 6.04 Å². The standard InChI is InChI=1S/C9H11F2NO2/c10-6-1-2-8(11)9(3-6)14-5-7(12)4-13/h1-3,7,13H,4-5,12H2. The van der Waals surface area contributed by atoms with Crippen LogP contribution in [0.1, 0.15) is 0 Å². The van der Waals surface area contributed by atoms with Crippen molar-refractivity contribution in [1.82, 2.24) is 0 Å². The van der Waals surface area contributed by atoms with Crippen molar-refractivity contribution in [1.29, 1.82) is 0 Å². The van der Waals surface area contributed by atoms with Gasteiger partial charge in [-0.25, -0.2) is 8.78 Å². The molecule has 0 aromatic heterocycles. The predicted octanol–water partition coefficient (Wildman–Crippen LogP) is 0.663. The molecule has 3 N–H and O–H groups in total. The molecule has 0 aliphatic rings. The van der Waals surface area contributed by atoms with Crippen LogP contribution in [0.25, 0.3) is 0 Å². The molecule has 0 radical (unpaired) electrons. The summed E-state index contributed by atoms with van der Waals surface area (Å²) in [6.07, 6.45) is 0. The zero-order valence-corrected chi connectivity index (χ0v) is 7.41. The highest BCUT2D eigenvalue weighted by Crippen LogP contribution is 2.17. The molecule has 5 heteroatoms. The van der Waals surface area contributed by atoms with Crippen LogP contribution in [0, 0.1) is 11.6 Å². The van der Waals surface area contributed by atoms with Gasteiger partial charge in [0.1, 0.15) is 12.4 Å². The van der Waals surface area contributed by atoms with Gasteiger partial charge >= 0.3 is 0 Å². The monoisotopic (exact) mass is 203 g/mol. The SMILES string of the molecule is NC(CO)COc1cc(F)ccc1F. The minimum atomic E-state index is -0.656. The molecule has 1 rings (SSSR count). The summed E-state index contributed by atoms with van der Waals surface area (Å²) in [4.78, 5) is 0. The average molecular weight is 203 g/mol. The van der Waals surface area contributed by atoms with Crippen LogP contribution in [-0.2, 0) is 0 Å². The number of ether oxygens (including phenoxy) is 1. The Hall–Kier alpha value is -1.20. The van der Waals surface area contributed by atoms with E-state index < -0.39 is 17.7 Å². The molecule has 0 amide bonds. The Morgan fingerprint density at radius 1 is 1.43 bits per heavy atom. The van der Waals surface area contributed by atoms with E-state index in [4.69, 9.17) is 15.6 Å². The van der Waals surface area contributed by atoms with Crippen LogP contribution in [0.5, 0.6) is 5.75 Å². The molecule has 0 aliphatic carbocycles. The molecule has 14 heavy (non-hydrogen) atoms. The third-order valence-corrected chi connectivity index (χ3v) is 1.58. The van der Waals surface area contributed by atoms with Gasteiger partial charge in [-0.3, -0.25) is 0 Å². The predicted molar refractivity (Wildman–Crippen MR) is 46.9 cm³/mol. The largest absolute Gasteiger partial charge is 0.489 e. The maximum absolute atomic E-state index is 12.9. The number of hydrogen-bond donors (Lipinski definition) is 2. The number of aliphatic hydroxyl groups is 1. The average Bonchev–Trinajstić information content (AvgIpc) is 2.19. The van der Waals surface area contributed by atoms with Crippen LogP contribution >= 0.6 is 0 Å². The van der Waals surface area contributed by atoms with E-state index in [9.17, 15) is 8.78 Å². The second-order valence-electron chi connectivity index (χ2n) is 2.83. The molecule has 1 aromatic carbocycles. The molecule has 1 unspecified atom stereocenters. The molecule has 0 bridgehead atoms. The van der Waals surface area contributed by atoms with Gasteiger partial charge < -0.3 is 15.6 Å². The van der Waals surface area contributed by atoms with Crippen molar-refractivity contribution in [3.05, 3.63) is 29.8 Å². The van der Waals surface area contributed by atoms with Crippen LogP contribution < -0.4 is 10.5 Å². The van der Waals surface area contributed by atoms with E-state index in [2.05, 4.69) is 0 Å². The molecular weight excluding hydrogens is 192 g/mol. The fourth-order valence-electron chi connectivity index (χ4n) is 0.837. The first-order valence-corrected chi connectivity index (χ1v) is 4.07. The van der Waals surface area contributed by atoms with Crippen molar-refractivity contribution < 1.29 is 18.6 Å². The van der Waals surface area contributed by atoms with Crippen molar-refractivity contribution in [3.8, 4) is 5.75 Å². The molecule has 78 valence electrons. The maximum atomic E-state index is 12.9. The summed E-state index contributed by atoms with van der Waals surface area (Å²) >= 11 is 0. The van der Waals surface area contributed by atoms with Gasteiger partial charge in [0.2, 0.25) is 0 Å². The Kier molecular flexibility index (Phi) is 3.79. The summed E-state index contributed by atoms with van der Waals surface area (Å²) in [6.45, 7) is -0.326. The molecule has 0 fully saturated rings. The van der Waals surface area contributed by atoms with E-state index in [1.807, 2.05) is 0 Å². The van der Waals surface area contributed by atoms with E-state index in [1.54, 1.807) is 0 Å². The number of halogens is 2. The molecule has 0 spiro atoms. The molecule has 0 saturated carbocycles. The first-order valence-electron chi connectivity index (χ1n) is 4.07. The zero-order chi connectivity index (χ0) is 10.6. The minimum absolute atomic E-state index is 0.0587. The second-order valence-corrected chi connectivity index (χ2v) is 2.83. The number of benzene rings is 1. The Morgan fingerprint density at radius 2 is 2.14 bits per heavy atom. The summed E-state index contributed by atoms with van der Waals surface area (Å²) in [5.41, 5.74) is 5.32. The van der Waals surface area contributed by atoms with Crippen LogP contribution in [0.15, 0.2) is 18.2 Å². The van der Waals surface area contributed by atoms with Gasteiger partial charge in [-0.2, -0.15) is 0 Å². The van der Waals surface area contributed by atoms with Gasteiger partial charge in [0.25, 0.3) is 0 Å². The molecule has 0 heterocycles. The lowest BCUT2D eigenvalue weighted by molar-refractivity contribution is 0.202. The van der Waals surface area contributed by atoms with E-state index in [-0.39, 0.29) is 19.0 Å². The van der Waals surface area contributed by atoms with Crippen LogP contribution in [0.2, 0.25) is 0 Å². The van der Waals surface area contributed by atoms with Crippen LogP contribution in [0.3, 0.4) is 0 Å². The number of rotatable bonds is 4. The second kappa shape index (κ2) is 4.88. The zero-order valence-electron chi connectivity index (χ0n) is 7.41. The fourth-order valence-corrected chi connectivity index (χ4v) is 0.837. The van der Waals surface area contributed by atoms with E-state index in [0.717, 1.165) is 18.2 Å². The quantitative estimate of drug-likeness (QED) is 0.756. The van der Waals surface area contributed by atoms with Crippen molar-refractivity contribution >= 4 is 0 Å². The van der Waals surface area contributed by atoms with Gasteiger partial charge in [-0.1, -0.05) is 0 Å². The lowest BCUT2D eigenvalue weighted by Gasteiger charge is -2.10. The molecule has 0 aliphatic heterocycles. The summed E-state index contributed by atoms with van der Waals surface area (Å²) in [5, 5.41) is 8.56. The Bertz CT molecular complexity index is 307. The van der Waals surface area contributed by atoms with E-state index in [0.29, 0.717) is 0 Å². The summed E-state index contributed by atoms with van der Waals surface area (Å²) in [7, 11) is 0. The minimum Gasteiger partial charge on any atom is -0.489 e. The third kappa shape index (κ3) is 2.93. The summed E-state index contributed by atoms with van der Waals surface area (Å²) in [6, 6.07) is 2.29. The molecule has 1 aromatic rings. The molecule has 0 saturated heterocycles. The molecule has 3 nitrogen and oxygen atoms in total. The highest BCUT2D eigenvalue weighted by atomic mass is 19.1. The van der Waals surface area contributed by atoms with E-state index in [1.165, 1.54) is 0 Å². The van der Waals surface area contributed by atoms with E-state index >= 15 is 0 Å². The van der Waals surface area contributed by atoms with Gasteiger partial charge in [0.15, 0.2) is 11.6 Å². The van der Waals surface area contributed by atoms with Crippen molar-refractivity contribution in [3.63, 3.8) is 0 Å². The maximum Gasteiger partial charge on any atom is 0.165 e. The van der Waals surface area contributed by atoms with Gasteiger partial charge in [-0.15, -0.1) is 0 Å². The number of aliphatic hydroxyl groups excluding tert-OH is 1. The first kappa shape index (κ1) is 10.9. The molecular formula is C9H11F2NO2. The summed E-state index contributed by atoms with van der Waals surface area (Å²) in [5.74, 6) is -1.44. The summed E-state index contributed by atoms with van der Waals surface area (Å²) < 4.78 is 30.4. The number of nitrogens with two attached hydrogens (primary N) is 1. The van der Waals surface area contributed by atoms with Crippen LogP contribution in [0.4, 0.5) is 8.78 Å². The molecule has 1 atom stereocenters. The fraction of sp³-hybridized carbons (Fsp3) is 0.333. The van der Waals surface area contributed by atoms with Gasteiger partial charge in [-0.05, 0) is 12.1 Å². The highest BCUT2D eigenvalue weighted by molar-refractivity contribution is 5.24. The first-order chi connectivity index (χ1) is 6.63. The van der Waals surface area contributed by atoms with Gasteiger partial charge in [0.05, 0.1) is 12.6 Å². The number of hydrogen-bond acceptors (Lipinski definition) is 3. The Balaban J connectivity index is 2.62. The topological polar surface area (TPSA) is 55.5 Å². The Morgan fingerprint density at radius 3 is 2.79 bits per heavy atom. The Labute approximate surface area is 80.1 Å². The highest BCUT2D eigenvalue weighted by Gasteiger charge is 2.07.